The molecule has 0 radical (unpaired) electrons. The molecule has 1 unspecified atom stereocenters. The second-order valence-corrected chi connectivity index (χ2v) is 13.2. The van der Waals surface area contributed by atoms with E-state index in [9.17, 15) is 4.79 Å². The lowest BCUT2D eigenvalue weighted by Gasteiger charge is -2.17. The van der Waals surface area contributed by atoms with Crippen LogP contribution in [-0.2, 0) is 9.53 Å². The smallest absolute Gasteiger partial charge is 0.330 e. The largest absolute Gasteiger partial charge is 0.463 e. The third-order valence-corrected chi connectivity index (χ3v) is 11.8. The third-order valence-electron chi connectivity index (χ3n) is 6.31. The minimum atomic E-state index is -0.363. The van der Waals surface area contributed by atoms with Crippen LogP contribution in [0.3, 0.4) is 0 Å². The van der Waals surface area contributed by atoms with Gasteiger partial charge in [-0.1, -0.05) is 67.2 Å². The predicted molar refractivity (Wildman–Crippen MR) is 165 cm³/mol. The summed E-state index contributed by atoms with van der Waals surface area (Å²) in [4.78, 5) is 14.3. The highest BCUT2D eigenvalue weighted by molar-refractivity contribution is 8.03. The first kappa shape index (κ1) is 24.6. The Morgan fingerprint density at radius 2 is 1.35 bits per heavy atom. The van der Waals surface area contributed by atoms with Crippen molar-refractivity contribution in [3.05, 3.63) is 97.6 Å². The maximum atomic E-state index is 11.7. The van der Waals surface area contributed by atoms with E-state index in [1.807, 2.05) is 46.2 Å². The molecule has 37 heavy (non-hydrogen) atoms. The molecule has 0 aliphatic heterocycles. The maximum absolute atomic E-state index is 11.7. The van der Waals surface area contributed by atoms with E-state index in [-0.39, 0.29) is 11.2 Å². The van der Waals surface area contributed by atoms with Gasteiger partial charge in [-0.25, -0.2) is 4.79 Å². The summed E-state index contributed by atoms with van der Waals surface area (Å²) >= 11 is 7.52. The molecule has 0 spiro atoms. The molecule has 4 aromatic carbocycles. The van der Waals surface area contributed by atoms with Crippen LogP contribution in [0.4, 0.5) is 0 Å². The first-order valence-electron chi connectivity index (χ1n) is 12.1. The van der Waals surface area contributed by atoms with E-state index in [0.717, 1.165) is 12.2 Å². The molecular formula is C31H24O2S4. The fourth-order valence-corrected chi connectivity index (χ4v) is 9.70. The molecule has 2 nitrogen and oxygen atoms in total. The fraction of sp³-hybridized carbons (Fsp3) is 0.129. The van der Waals surface area contributed by atoms with Crippen LogP contribution in [0, 0.1) is 0 Å². The molecule has 0 saturated carbocycles. The molecule has 0 amide bonds. The second-order valence-electron chi connectivity index (χ2n) is 8.67. The van der Waals surface area contributed by atoms with Gasteiger partial charge in [-0.2, -0.15) is 0 Å². The van der Waals surface area contributed by atoms with E-state index in [1.165, 1.54) is 56.2 Å². The molecule has 0 aliphatic rings. The van der Waals surface area contributed by atoms with Crippen molar-refractivity contribution in [3.8, 4) is 0 Å². The third kappa shape index (κ3) is 5.04. The van der Waals surface area contributed by atoms with Gasteiger partial charge in [0.15, 0.2) is 0 Å². The molecule has 6 heteroatoms. The van der Waals surface area contributed by atoms with Gasteiger partial charge >= 0.3 is 5.97 Å². The van der Waals surface area contributed by atoms with Crippen LogP contribution >= 0.6 is 46.2 Å². The first-order chi connectivity index (χ1) is 18.2. The van der Waals surface area contributed by atoms with E-state index in [4.69, 9.17) is 4.74 Å². The van der Waals surface area contributed by atoms with E-state index in [2.05, 4.69) is 91.5 Å². The van der Waals surface area contributed by atoms with Crippen molar-refractivity contribution >= 4 is 92.5 Å². The van der Waals surface area contributed by atoms with E-state index in [0.29, 0.717) is 6.61 Å². The van der Waals surface area contributed by atoms with Crippen molar-refractivity contribution in [2.45, 2.75) is 21.5 Å². The average molecular weight is 557 g/mol. The van der Waals surface area contributed by atoms with Gasteiger partial charge in [0, 0.05) is 67.2 Å². The zero-order valence-electron chi connectivity index (χ0n) is 20.0. The van der Waals surface area contributed by atoms with Gasteiger partial charge in [-0.05, 0) is 30.7 Å². The first-order valence-corrected chi connectivity index (χ1v) is 15.6. The lowest BCUT2D eigenvalue weighted by molar-refractivity contribution is -0.137. The van der Waals surface area contributed by atoms with Crippen LogP contribution in [0.2, 0.25) is 0 Å². The predicted octanol–water partition coefficient (Wildman–Crippen LogP) is 9.79. The number of thiophene rings is 2. The number of carbonyl (C=O) groups is 1. The molecule has 0 bridgehead atoms. The minimum Gasteiger partial charge on any atom is -0.463 e. The molecule has 0 saturated heterocycles. The Morgan fingerprint density at radius 1 is 0.784 bits per heavy atom. The normalized spacial score (nSPS) is 12.4. The Balaban J connectivity index is 1.29. The molecule has 2 heterocycles. The topological polar surface area (TPSA) is 26.3 Å². The molecule has 0 fully saturated rings. The van der Waals surface area contributed by atoms with Crippen molar-refractivity contribution in [1.29, 1.82) is 0 Å². The summed E-state index contributed by atoms with van der Waals surface area (Å²) in [5, 5.41) is 5.55. The van der Waals surface area contributed by atoms with Gasteiger partial charge in [0.2, 0.25) is 0 Å². The van der Waals surface area contributed by atoms with Crippen molar-refractivity contribution in [2.24, 2.45) is 0 Å². The van der Waals surface area contributed by atoms with Crippen molar-refractivity contribution in [1.82, 2.24) is 0 Å². The van der Waals surface area contributed by atoms with Crippen LogP contribution < -0.4 is 0 Å². The number of carbonyl (C=O) groups excluding carboxylic acids is 1. The van der Waals surface area contributed by atoms with Crippen LogP contribution in [-0.4, -0.2) is 23.6 Å². The monoisotopic (exact) mass is 556 g/mol. The SMILES string of the molecule is C=CC(=O)OCCC(CSc1cccc2c1sc1ccccc12)Sc1cccc2c1sc1ccccc12. The molecule has 6 rings (SSSR count). The van der Waals surface area contributed by atoms with Gasteiger partial charge in [0.1, 0.15) is 0 Å². The molecule has 0 N–H and O–H groups in total. The zero-order chi connectivity index (χ0) is 25.2. The Hall–Kier alpha value is -2.77. The molecule has 1 atom stereocenters. The van der Waals surface area contributed by atoms with Crippen molar-refractivity contribution in [2.75, 3.05) is 12.4 Å². The van der Waals surface area contributed by atoms with Gasteiger partial charge in [0.25, 0.3) is 0 Å². The highest BCUT2D eigenvalue weighted by atomic mass is 32.2. The van der Waals surface area contributed by atoms with Crippen LogP contribution in [0.15, 0.2) is 107 Å². The lowest BCUT2D eigenvalue weighted by Crippen LogP contribution is -2.12. The Bertz CT molecular complexity index is 1750. The van der Waals surface area contributed by atoms with Crippen molar-refractivity contribution in [3.63, 3.8) is 0 Å². The van der Waals surface area contributed by atoms with Gasteiger partial charge in [0.05, 0.1) is 6.61 Å². The molecule has 2 aromatic heterocycles. The van der Waals surface area contributed by atoms with Crippen molar-refractivity contribution < 1.29 is 9.53 Å². The summed E-state index contributed by atoms with van der Waals surface area (Å²) in [5.74, 6) is 0.559. The Morgan fingerprint density at radius 3 is 2.00 bits per heavy atom. The number of fused-ring (bicyclic) bond motifs is 6. The summed E-state index contributed by atoms with van der Waals surface area (Å²) in [6, 6.07) is 30.5. The Kier molecular flexibility index (Phi) is 7.25. The number of rotatable bonds is 9. The van der Waals surface area contributed by atoms with Crippen LogP contribution in [0.25, 0.3) is 40.3 Å². The summed E-state index contributed by atoms with van der Waals surface area (Å²) < 4.78 is 10.7. The van der Waals surface area contributed by atoms with Gasteiger partial charge < -0.3 is 4.74 Å². The summed E-state index contributed by atoms with van der Waals surface area (Å²) in [6.07, 6.45) is 2.01. The number of benzene rings is 4. The van der Waals surface area contributed by atoms with E-state index < -0.39 is 0 Å². The maximum Gasteiger partial charge on any atom is 0.330 e. The number of ether oxygens (including phenoxy) is 1. The van der Waals surface area contributed by atoms with E-state index >= 15 is 0 Å². The second kappa shape index (κ2) is 10.9. The highest BCUT2D eigenvalue weighted by Gasteiger charge is 2.17. The number of thioether (sulfide) groups is 2. The summed E-state index contributed by atoms with van der Waals surface area (Å²) in [7, 11) is 0. The van der Waals surface area contributed by atoms with Crippen LogP contribution in [0.1, 0.15) is 6.42 Å². The zero-order valence-corrected chi connectivity index (χ0v) is 23.3. The van der Waals surface area contributed by atoms with Crippen LogP contribution in [0.5, 0.6) is 0 Å². The highest BCUT2D eigenvalue weighted by Crippen LogP contribution is 2.43. The number of hydrogen-bond acceptors (Lipinski definition) is 6. The standard InChI is InChI=1S/C31H24O2S4/c1-2-29(32)33-18-17-20(35-28-16-8-12-24-22-10-4-6-14-26(22)37-31(24)28)19-34-27-15-7-11-23-21-9-3-5-13-25(21)36-30(23)27/h2-16,20H,1,17-19H2. The quantitative estimate of drug-likeness (QED) is 0.101. The summed E-state index contributed by atoms with van der Waals surface area (Å²) in [5.41, 5.74) is 0. The summed E-state index contributed by atoms with van der Waals surface area (Å²) in [6.45, 7) is 3.91. The van der Waals surface area contributed by atoms with Gasteiger partial charge in [-0.15, -0.1) is 46.2 Å². The number of esters is 1. The minimum absolute atomic E-state index is 0.281. The Labute approximate surface area is 232 Å². The van der Waals surface area contributed by atoms with Gasteiger partial charge in [-0.3, -0.25) is 0 Å². The molecule has 6 aromatic rings. The number of hydrogen-bond donors (Lipinski definition) is 0. The fourth-order valence-electron chi connectivity index (χ4n) is 4.54. The average Bonchev–Trinajstić information content (AvgIpc) is 3.51. The molecular weight excluding hydrogens is 533 g/mol. The van der Waals surface area contributed by atoms with E-state index in [1.54, 1.807) is 0 Å². The molecule has 184 valence electrons. The lowest BCUT2D eigenvalue weighted by atomic mass is 10.1. The molecule has 0 aliphatic carbocycles.